The van der Waals surface area contributed by atoms with Crippen LogP contribution in [0.3, 0.4) is 0 Å². The van der Waals surface area contributed by atoms with Crippen molar-refractivity contribution in [1.82, 2.24) is 0 Å². The highest BCUT2D eigenvalue weighted by atomic mass is 19.1. The van der Waals surface area contributed by atoms with Gasteiger partial charge in [0.05, 0.1) is 6.10 Å². The van der Waals surface area contributed by atoms with E-state index in [4.69, 9.17) is 0 Å². The standard InChI is InChI=1S/C15H21FO/c1-11-7-13(10-14(16)8-11)15(17)9-12-5-3-2-4-6-12/h7-8,10,12,15,17H,2-6,9H2,1H3. The van der Waals surface area contributed by atoms with Gasteiger partial charge in [-0.25, -0.2) is 4.39 Å². The van der Waals surface area contributed by atoms with Crippen molar-refractivity contribution < 1.29 is 9.50 Å². The van der Waals surface area contributed by atoms with Crippen LogP contribution < -0.4 is 0 Å². The first-order valence-electron chi connectivity index (χ1n) is 6.60. The van der Waals surface area contributed by atoms with Crippen molar-refractivity contribution in [1.29, 1.82) is 0 Å². The highest BCUT2D eigenvalue weighted by Crippen LogP contribution is 2.32. The van der Waals surface area contributed by atoms with E-state index in [-0.39, 0.29) is 5.82 Å². The van der Waals surface area contributed by atoms with E-state index in [9.17, 15) is 9.50 Å². The van der Waals surface area contributed by atoms with E-state index in [1.165, 1.54) is 44.2 Å². The van der Waals surface area contributed by atoms with Gasteiger partial charge < -0.3 is 5.11 Å². The van der Waals surface area contributed by atoms with Crippen LogP contribution in [0.1, 0.15) is 55.8 Å². The van der Waals surface area contributed by atoms with Crippen LogP contribution in [0.2, 0.25) is 0 Å². The van der Waals surface area contributed by atoms with E-state index in [0.717, 1.165) is 17.5 Å². The smallest absolute Gasteiger partial charge is 0.123 e. The van der Waals surface area contributed by atoms with Crippen molar-refractivity contribution in [3.63, 3.8) is 0 Å². The van der Waals surface area contributed by atoms with Gasteiger partial charge in [-0.2, -0.15) is 0 Å². The Hall–Kier alpha value is -0.890. The van der Waals surface area contributed by atoms with E-state index in [0.29, 0.717) is 5.92 Å². The summed E-state index contributed by atoms with van der Waals surface area (Å²) in [7, 11) is 0. The lowest BCUT2D eigenvalue weighted by Gasteiger charge is -2.24. The minimum absolute atomic E-state index is 0.248. The summed E-state index contributed by atoms with van der Waals surface area (Å²) in [5, 5.41) is 10.2. The summed E-state index contributed by atoms with van der Waals surface area (Å²) in [6.45, 7) is 1.86. The summed E-state index contributed by atoms with van der Waals surface area (Å²) in [5.74, 6) is 0.366. The molecule has 1 N–H and O–H groups in total. The second kappa shape index (κ2) is 5.63. The topological polar surface area (TPSA) is 20.2 Å². The number of aliphatic hydroxyl groups excluding tert-OH is 1. The van der Waals surface area contributed by atoms with Crippen molar-refractivity contribution in [2.45, 2.75) is 51.6 Å². The van der Waals surface area contributed by atoms with Crippen molar-refractivity contribution in [2.75, 3.05) is 0 Å². The van der Waals surface area contributed by atoms with Crippen molar-refractivity contribution in [3.05, 3.63) is 35.1 Å². The molecule has 0 heterocycles. The summed E-state index contributed by atoms with van der Waals surface area (Å²) in [5.41, 5.74) is 1.61. The fourth-order valence-electron chi connectivity index (χ4n) is 2.83. The Labute approximate surface area is 103 Å². The highest BCUT2D eigenvalue weighted by Gasteiger charge is 2.19. The predicted molar refractivity (Wildman–Crippen MR) is 67.3 cm³/mol. The Bertz CT molecular complexity index is 349. The molecule has 94 valence electrons. The third kappa shape index (κ3) is 3.53. The molecule has 0 amide bonds. The van der Waals surface area contributed by atoms with Gasteiger partial charge in [0.25, 0.3) is 0 Å². The SMILES string of the molecule is Cc1cc(F)cc(C(O)CC2CCCCC2)c1. The van der Waals surface area contributed by atoms with Crippen LogP contribution in [-0.4, -0.2) is 5.11 Å². The molecule has 1 aromatic carbocycles. The third-order valence-corrected chi connectivity index (χ3v) is 3.73. The monoisotopic (exact) mass is 236 g/mol. The Morgan fingerprint density at radius 3 is 2.59 bits per heavy atom. The van der Waals surface area contributed by atoms with E-state index < -0.39 is 6.10 Å². The summed E-state index contributed by atoms with van der Waals surface area (Å²) in [6.07, 6.45) is 6.58. The maximum atomic E-state index is 13.3. The third-order valence-electron chi connectivity index (χ3n) is 3.73. The van der Waals surface area contributed by atoms with Crippen LogP contribution in [0.15, 0.2) is 18.2 Å². The molecule has 2 rings (SSSR count). The number of benzene rings is 1. The number of halogens is 1. The van der Waals surface area contributed by atoms with Crippen LogP contribution in [0.4, 0.5) is 4.39 Å². The summed E-state index contributed by atoms with van der Waals surface area (Å²) >= 11 is 0. The zero-order chi connectivity index (χ0) is 12.3. The maximum Gasteiger partial charge on any atom is 0.123 e. The molecule has 0 radical (unpaired) electrons. The summed E-state index contributed by atoms with van der Waals surface area (Å²) < 4.78 is 13.3. The average Bonchev–Trinajstić information content (AvgIpc) is 2.29. The number of aliphatic hydroxyl groups is 1. The lowest BCUT2D eigenvalue weighted by Crippen LogP contribution is -2.11. The Morgan fingerprint density at radius 2 is 1.94 bits per heavy atom. The molecule has 1 nitrogen and oxygen atoms in total. The van der Waals surface area contributed by atoms with Crippen molar-refractivity contribution in [2.24, 2.45) is 5.92 Å². The quantitative estimate of drug-likeness (QED) is 0.836. The first-order valence-corrected chi connectivity index (χ1v) is 6.60. The number of aryl methyl sites for hydroxylation is 1. The highest BCUT2D eigenvalue weighted by molar-refractivity contribution is 5.25. The fourth-order valence-corrected chi connectivity index (χ4v) is 2.83. The van der Waals surface area contributed by atoms with Gasteiger partial charge in [0, 0.05) is 0 Å². The van der Waals surface area contributed by atoms with Crippen molar-refractivity contribution in [3.8, 4) is 0 Å². The van der Waals surface area contributed by atoms with Gasteiger partial charge in [0.2, 0.25) is 0 Å². The minimum Gasteiger partial charge on any atom is -0.388 e. The molecular formula is C15H21FO. The van der Waals surface area contributed by atoms with Crippen LogP contribution in [-0.2, 0) is 0 Å². The molecule has 1 saturated carbocycles. The number of hydrogen-bond acceptors (Lipinski definition) is 1. The zero-order valence-corrected chi connectivity index (χ0v) is 10.5. The second-order valence-corrected chi connectivity index (χ2v) is 5.32. The predicted octanol–water partition coefficient (Wildman–Crippen LogP) is 4.14. The van der Waals surface area contributed by atoms with Crippen LogP contribution in [0, 0.1) is 18.7 Å². The van der Waals surface area contributed by atoms with Crippen LogP contribution >= 0.6 is 0 Å². The summed E-state index contributed by atoms with van der Waals surface area (Å²) in [4.78, 5) is 0. The lowest BCUT2D eigenvalue weighted by atomic mass is 9.84. The second-order valence-electron chi connectivity index (χ2n) is 5.32. The van der Waals surface area contributed by atoms with E-state index >= 15 is 0 Å². The number of hydrogen-bond donors (Lipinski definition) is 1. The van der Waals surface area contributed by atoms with Gasteiger partial charge in [-0.3, -0.25) is 0 Å². The Kier molecular flexibility index (Phi) is 4.16. The molecule has 17 heavy (non-hydrogen) atoms. The Morgan fingerprint density at radius 1 is 1.24 bits per heavy atom. The van der Waals surface area contributed by atoms with Crippen LogP contribution in [0.5, 0.6) is 0 Å². The summed E-state index contributed by atoms with van der Waals surface area (Å²) in [6, 6.07) is 4.84. The minimum atomic E-state index is -0.507. The first-order chi connectivity index (χ1) is 8.15. The van der Waals surface area contributed by atoms with E-state index in [1.807, 2.05) is 13.0 Å². The molecule has 1 atom stereocenters. The van der Waals surface area contributed by atoms with Gasteiger partial charge in [0.1, 0.15) is 5.82 Å². The average molecular weight is 236 g/mol. The largest absolute Gasteiger partial charge is 0.388 e. The fraction of sp³-hybridized carbons (Fsp3) is 0.600. The van der Waals surface area contributed by atoms with Gasteiger partial charge >= 0.3 is 0 Å². The molecule has 1 aromatic rings. The van der Waals surface area contributed by atoms with Gasteiger partial charge in [-0.15, -0.1) is 0 Å². The first kappa shape index (κ1) is 12.6. The van der Waals surface area contributed by atoms with Gasteiger partial charge in [-0.1, -0.05) is 38.2 Å². The molecule has 1 aliphatic carbocycles. The lowest BCUT2D eigenvalue weighted by molar-refractivity contribution is 0.131. The van der Waals surface area contributed by atoms with Crippen molar-refractivity contribution >= 4 is 0 Å². The molecule has 2 heteroatoms. The zero-order valence-electron chi connectivity index (χ0n) is 10.5. The maximum absolute atomic E-state index is 13.3. The number of rotatable bonds is 3. The molecule has 1 aliphatic rings. The van der Waals surface area contributed by atoms with Gasteiger partial charge in [0.15, 0.2) is 0 Å². The van der Waals surface area contributed by atoms with E-state index in [1.54, 1.807) is 0 Å². The molecular weight excluding hydrogens is 215 g/mol. The molecule has 0 spiro atoms. The molecule has 0 aliphatic heterocycles. The normalized spacial score (nSPS) is 19.2. The molecule has 0 bridgehead atoms. The molecule has 1 fully saturated rings. The van der Waals surface area contributed by atoms with Crippen LogP contribution in [0.25, 0.3) is 0 Å². The molecule has 0 saturated heterocycles. The van der Waals surface area contributed by atoms with Gasteiger partial charge in [-0.05, 0) is 42.5 Å². The molecule has 1 unspecified atom stereocenters. The Balaban J connectivity index is 2.00. The van der Waals surface area contributed by atoms with E-state index in [2.05, 4.69) is 0 Å². The molecule has 0 aromatic heterocycles.